The summed E-state index contributed by atoms with van der Waals surface area (Å²) in [5, 5.41) is 4.97. The summed E-state index contributed by atoms with van der Waals surface area (Å²) < 4.78 is 5.67. The van der Waals surface area contributed by atoms with E-state index in [4.69, 9.17) is 10.5 Å². The van der Waals surface area contributed by atoms with Gasteiger partial charge in [-0.15, -0.1) is 0 Å². The fourth-order valence-corrected chi connectivity index (χ4v) is 1.71. The van der Waals surface area contributed by atoms with Gasteiger partial charge in [-0.2, -0.15) is 0 Å². The maximum Gasteiger partial charge on any atom is 0.315 e. The largest absolute Gasteiger partial charge is 0.457 e. The second-order valence-electron chi connectivity index (χ2n) is 4.56. The number of nitrogens with one attached hydrogen (secondary N) is 2. The number of para-hydroxylation sites is 1. The Morgan fingerprint density at radius 2 is 1.55 bits per heavy atom. The van der Waals surface area contributed by atoms with E-state index in [2.05, 4.69) is 10.6 Å². The van der Waals surface area contributed by atoms with Crippen LogP contribution in [-0.4, -0.2) is 18.5 Å². The lowest BCUT2D eigenvalue weighted by atomic mass is 10.2. The highest BCUT2D eigenvalue weighted by Crippen LogP contribution is 2.20. The molecule has 0 aromatic heterocycles. The molecule has 0 aliphatic rings. The first-order valence-electron chi connectivity index (χ1n) is 6.75. The molecule has 6 heteroatoms. The van der Waals surface area contributed by atoms with E-state index in [9.17, 15) is 9.59 Å². The van der Waals surface area contributed by atoms with Crippen LogP contribution in [-0.2, 0) is 11.3 Å². The Bertz CT molecular complexity index is 627. The summed E-state index contributed by atoms with van der Waals surface area (Å²) >= 11 is 0. The second kappa shape index (κ2) is 7.68. The van der Waals surface area contributed by atoms with Crippen LogP contribution in [0, 0.1) is 0 Å². The Hall–Kier alpha value is -3.02. The summed E-state index contributed by atoms with van der Waals surface area (Å²) in [6, 6.07) is 16.4. The van der Waals surface area contributed by atoms with Crippen LogP contribution in [0.5, 0.6) is 11.5 Å². The van der Waals surface area contributed by atoms with E-state index in [1.54, 1.807) is 0 Å². The van der Waals surface area contributed by atoms with Crippen molar-refractivity contribution >= 4 is 11.9 Å². The quantitative estimate of drug-likeness (QED) is 0.758. The average Bonchev–Trinajstić information content (AvgIpc) is 2.53. The Labute approximate surface area is 128 Å². The first kappa shape index (κ1) is 15.4. The second-order valence-corrected chi connectivity index (χ2v) is 4.56. The predicted molar refractivity (Wildman–Crippen MR) is 82.4 cm³/mol. The monoisotopic (exact) mass is 299 g/mol. The van der Waals surface area contributed by atoms with E-state index in [1.807, 2.05) is 54.6 Å². The zero-order chi connectivity index (χ0) is 15.8. The predicted octanol–water partition coefficient (Wildman–Crippen LogP) is 1.76. The molecule has 2 aromatic carbocycles. The van der Waals surface area contributed by atoms with Crippen molar-refractivity contribution < 1.29 is 14.3 Å². The molecule has 0 bridgehead atoms. The van der Waals surface area contributed by atoms with E-state index in [-0.39, 0.29) is 6.54 Å². The third kappa shape index (κ3) is 5.16. The number of amides is 3. The maximum absolute atomic E-state index is 11.4. The molecule has 22 heavy (non-hydrogen) atoms. The molecule has 0 saturated carbocycles. The number of hydrogen-bond acceptors (Lipinski definition) is 3. The minimum Gasteiger partial charge on any atom is -0.457 e. The van der Waals surface area contributed by atoms with Gasteiger partial charge in [-0.05, 0) is 29.8 Å². The van der Waals surface area contributed by atoms with Gasteiger partial charge in [-0.1, -0.05) is 30.3 Å². The third-order valence-electron chi connectivity index (χ3n) is 2.78. The summed E-state index contributed by atoms with van der Waals surface area (Å²) in [5.74, 6) is 0.893. The van der Waals surface area contributed by atoms with Crippen molar-refractivity contribution in [1.82, 2.24) is 10.6 Å². The van der Waals surface area contributed by atoms with E-state index < -0.39 is 11.9 Å². The molecule has 0 atom stereocenters. The molecule has 0 saturated heterocycles. The minimum absolute atomic E-state index is 0.185. The Morgan fingerprint density at radius 1 is 0.909 bits per heavy atom. The molecular weight excluding hydrogens is 282 g/mol. The molecule has 0 fully saturated rings. The Kier molecular flexibility index (Phi) is 5.37. The Morgan fingerprint density at radius 3 is 2.18 bits per heavy atom. The van der Waals surface area contributed by atoms with Crippen LogP contribution in [0.25, 0.3) is 0 Å². The van der Waals surface area contributed by atoms with Crippen molar-refractivity contribution in [1.29, 1.82) is 0 Å². The zero-order valence-corrected chi connectivity index (χ0v) is 11.9. The summed E-state index contributed by atoms with van der Waals surface area (Å²) in [7, 11) is 0. The lowest BCUT2D eigenvalue weighted by Gasteiger charge is -2.08. The molecule has 0 radical (unpaired) electrons. The summed E-state index contributed by atoms with van der Waals surface area (Å²) in [6.45, 7) is 0.159. The van der Waals surface area contributed by atoms with Gasteiger partial charge >= 0.3 is 6.03 Å². The van der Waals surface area contributed by atoms with Crippen LogP contribution in [0.15, 0.2) is 54.6 Å². The van der Waals surface area contributed by atoms with Gasteiger partial charge in [-0.25, -0.2) is 4.79 Å². The molecule has 0 spiro atoms. The van der Waals surface area contributed by atoms with Crippen LogP contribution in [0.3, 0.4) is 0 Å². The van der Waals surface area contributed by atoms with Gasteiger partial charge in [0.2, 0.25) is 5.91 Å². The molecule has 4 N–H and O–H groups in total. The minimum atomic E-state index is -0.586. The number of carbonyl (C=O) groups is 2. The number of primary amides is 1. The van der Waals surface area contributed by atoms with E-state index in [0.717, 1.165) is 11.3 Å². The highest BCUT2D eigenvalue weighted by molar-refractivity contribution is 5.82. The van der Waals surface area contributed by atoms with Crippen LogP contribution in [0.4, 0.5) is 4.79 Å². The molecule has 114 valence electrons. The van der Waals surface area contributed by atoms with Gasteiger partial charge < -0.3 is 21.1 Å². The highest BCUT2D eigenvalue weighted by atomic mass is 16.5. The third-order valence-corrected chi connectivity index (χ3v) is 2.78. The van der Waals surface area contributed by atoms with Crippen molar-refractivity contribution in [3.8, 4) is 11.5 Å². The molecule has 0 aliphatic heterocycles. The van der Waals surface area contributed by atoms with Crippen molar-refractivity contribution in [2.24, 2.45) is 5.73 Å². The number of ether oxygens (including phenoxy) is 1. The number of hydrogen-bond donors (Lipinski definition) is 3. The van der Waals surface area contributed by atoms with E-state index in [0.29, 0.717) is 12.3 Å². The Balaban J connectivity index is 1.82. The van der Waals surface area contributed by atoms with Crippen LogP contribution in [0.2, 0.25) is 0 Å². The standard InChI is InChI=1S/C16H17N3O3/c17-15(20)11-19-16(21)18-10-12-6-8-14(9-7-12)22-13-4-2-1-3-5-13/h1-9H,10-11H2,(H2,17,20)(H2,18,19,21). The molecule has 6 nitrogen and oxygen atoms in total. The molecular formula is C16H17N3O3. The summed E-state index contributed by atoms with van der Waals surface area (Å²) in [6.07, 6.45) is 0. The normalized spacial score (nSPS) is 9.82. The molecule has 0 heterocycles. The average molecular weight is 299 g/mol. The fraction of sp³-hybridized carbons (Fsp3) is 0.125. The van der Waals surface area contributed by atoms with Crippen molar-refractivity contribution in [3.05, 3.63) is 60.2 Å². The van der Waals surface area contributed by atoms with E-state index >= 15 is 0 Å². The van der Waals surface area contributed by atoms with Crippen molar-refractivity contribution in [3.63, 3.8) is 0 Å². The summed E-state index contributed by atoms with van der Waals surface area (Å²) in [4.78, 5) is 21.9. The molecule has 0 aliphatic carbocycles. The van der Waals surface area contributed by atoms with Crippen molar-refractivity contribution in [2.75, 3.05) is 6.54 Å². The first-order chi connectivity index (χ1) is 10.6. The topological polar surface area (TPSA) is 93.5 Å². The lowest BCUT2D eigenvalue weighted by molar-refractivity contribution is -0.117. The van der Waals surface area contributed by atoms with Crippen LogP contribution >= 0.6 is 0 Å². The van der Waals surface area contributed by atoms with Crippen molar-refractivity contribution in [2.45, 2.75) is 6.54 Å². The van der Waals surface area contributed by atoms with Gasteiger partial charge in [0.25, 0.3) is 0 Å². The smallest absolute Gasteiger partial charge is 0.315 e. The molecule has 0 unspecified atom stereocenters. The van der Waals surface area contributed by atoms with Gasteiger partial charge in [0.15, 0.2) is 0 Å². The van der Waals surface area contributed by atoms with Gasteiger partial charge in [-0.3, -0.25) is 4.79 Å². The van der Waals surface area contributed by atoms with Gasteiger partial charge in [0.05, 0.1) is 6.54 Å². The van der Waals surface area contributed by atoms with Gasteiger partial charge in [0.1, 0.15) is 11.5 Å². The zero-order valence-electron chi connectivity index (χ0n) is 11.9. The van der Waals surface area contributed by atoms with Crippen LogP contribution < -0.4 is 21.1 Å². The lowest BCUT2D eigenvalue weighted by Crippen LogP contribution is -2.39. The number of rotatable bonds is 6. The van der Waals surface area contributed by atoms with E-state index in [1.165, 1.54) is 0 Å². The molecule has 3 amide bonds. The SMILES string of the molecule is NC(=O)CNC(=O)NCc1ccc(Oc2ccccc2)cc1. The summed E-state index contributed by atoms with van der Waals surface area (Å²) in [5.41, 5.74) is 5.84. The number of nitrogens with two attached hydrogens (primary N) is 1. The maximum atomic E-state index is 11.4. The highest BCUT2D eigenvalue weighted by Gasteiger charge is 2.02. The van der Waals surface area contributed by atoms with Crippen LogP contribution in [0.1, 0.15) is 5.56 Å². The number of carbonyl (C=O) groups excluding carboxylic acids is 2. The molecule has 2 rings (SSSR count). The number of urea groups is 1. The number of benzene rings is 2. The van der Waals surface area contributed by atoms with Gasteiger partial charge in [0, 0.05) is 6.54 Å². The fourth-order valence-electron chi connectivity index (χ4n) is 1.71. The molecule has 2 aromatic rings. The first-order valence-corrected chi connectivity index (χ1v) is 6.75.